The molecule has 2 aromatic carbocycles. The highest BCUT2D eigenvalue weighted by atomic mass is 35.5. The molecule has 0 aliphatic carbocycles. The summed E-state index contributed by atoms with van der Waals surface area (Å²) in [5, 5.41) is 4.65. The minimum Gasteiger partial charge on any atom is -0.398 e. The Hall–Kier alpha value is -2.33. The lowest BCUT2D eigenvalue weighted by Gasteiger charge is -2.00. The van der Waals surface area contributed by atoms with Crippen LogP contribution in [-0.4, -0.2) is 10.1 Å². The van der Waals surface area contributed by atoms with Gasteiger partial charge >= 0.3 is 0 Å². The second kappa shape index (κ2) is 5.35. The van der Waals surface area contributed by atoms with E-state index in [1.54, 1.807) is 12.1 Å². The van der Waals surface area contributed by atoms with Crippen LogP contribution in [0.3, 0.4) is 0 Å². The number of hydrogen-bond acceptors (Lipinski definition) is 4. The molecular weight excluding hydrogens is 274 g/mol. The van der Waals surface area contributed by atoms with Gasteiger partial charge in [-0.2, -0.15) is 4.98 Å². The number of nitrogen functional groups attached to an aromatic ring is 1. The van der Waals surface area contributed by atoms with Gasteiger partial charge in [-0.1, -0.05) is 35.0 Å². The Bertz CT molecular complexity index is 722. The number of nitrogens with zero attached hydrogens (tertiary/aromatic N) is 2. The molecule has 0 aliphatic rings. The zero-order valence-electron chi connectivity index (χ0n) is 10.6. The highest BCUT2D eigenvalue weighted by Crippen LogP contribution is 2.20. The van der Waals surface area contributed by atoms with E-state index in [1.807, 2.05) is 36.4 Å². The third-order valence-corrected chi connectivity index (χ3v) is 3.22. The summed E-state index contributed by atoms with van der Waals surface area (Å²) < 4.78 is 5.26. The molecule has 0 saturated carbocycles. The minimum atomic E-state index is 0.521. The summed E-state index contributed by atoms with van der Waals surface area (Å²) in [6, 6.07) is 14.9. The van der Waals surface area contributed by atoms with Gasteiger partial charge in [0.25, 0.3) is 0 Å². The monoisotopic (exact) mass is 285 g/mol. The van der Waals surface area contributed by atoms with Crippen molar-refractivity contribution in [1.82, 2.24) is 10.1 Å². The maximum Gasteiger partial charge on any atom is 0.231 e. The van der Waals surface area contributed by atoms with Crippen molar-refractivity contribution in [1.29, 1.82) is 0 Å². The summed E-state index contributed by atoms with van der Waals surface area (Å²) >= 11 is 5.85. The van der Waals surface area contributed by atoms with Crippen LogP contribution in [0.15, 0.2) is 53.1 Å². The Balaban J connectivity index is 1.84. The molecule has 0 atom stereocenters. The molecule has 0 radical (unpaired) electrons. The fourth-order valence-electron chi connectivity index (χ4n) is 1.90. The maximum absolute atomic E-state index is 5.90. The number of anilines is 1. The first-order chi connectivity index (χ1) is 9.72. The van der Waals surface area contributed by atoms with Crippen molar-refractivity contribution in [3.05, 3.63) is 65.0 Å². The van der Waals surface area contributed by atoms with E-state index >= 15 is 0 Å². The molecule has 0 amide bonds. The molecule has 3 rings (SSSR count). The molecule has 1 aromatic heterocycles. The van der Waals surface area contributed by atoms with Crippen LogP contribution >= 0.6 is 11.6 Å². The van der Waals surface area contributed by atoms with Crippen molar-refractivity contribution >= 4 is 17.3 Å². The lowest BCUT2D eigenvalue weighted by molar-refractivity contribution is 0.386. The molecule has 20 heavy (non-hydrogen) atoms. The Labute approximate surface area is 121 Å². The lowest BCUT2D eigenvalue weighted by Crippen LogP contribution is -1.95. The highest BCUT2D eigenvalue weighted by Gasteiger charge is 2.10. The fourth-order valence-corrected chi connectivity index (χ4v) is 2.03. The van der Waals surface area contributed by atoms with Gasteiger partial charge in [0.1, 0.15) is 0 Å². The van der Waals surface area contributed by atoms with E-state index < -0.39 is 0 Å². The van der Waals surface area contributed by atoms with E-state index in [2.05, 4.69) is 10.1 Å². The van der Waals surface area contributed by atoms with Crippen molar-refractivity contribution in [2.75, 3.05) is 5.73 Å². The zero-order chi connectivity index (χ0) is 13.9. The molecule has 0 fully saturated rings. The first kappa shape index (κ1) is 12.7. The van der Waals surface area contributed by atoms with Crippen LogP contribution in [0.4, 0.5) is 5.69 Å². The fraction of sp³-hybridized carbons (Fsp3) is 0.0667. The summed E-state index contributed by atoms with van der Waals surface area (Å²) in [6.45, 7) is 0. The summed E-state index contributed by atoms with van der Waals surface area (Å²) in [5.74, 6) is 1.08. The third kappa shape index (κ3) is 2.65. The normalized spacial score (nSPS) is 10.7. The minimum absolute atomic E-state index is 0.521. The summed E-state index contributed by atoms with van der Waals surface area (Å²) in [7, 11) is 0. The second-order valence-corrected chi connectivity index (χ2v) is 4.83. The average Bonchev–Trinajstić information content (AvgIpc) is 2.91. The Morgan fingerprint density at radius 2 is 1.80 bits per heavy atom. The van der Waals surface area contributed by atoms with Gasteiger partial charge in [0, 0.05) is 16.3 Å². The van der Waals surface area contributed by atoms with E-state index in [0.29, 0.717) is 23.2 Å². The molecule has 5 heteroatoms. The lowest BCUT2D eigenvalue weighted by atomic mass is 10.1. The summed E-state index contributed by atoms with van der Waals surface area (Å²) in [6.07, 6.45) is 0.521. The average molecular weight is 286 g/mol. The van der Waals surface area contributed by atoms with Crippen molar-refractivity contribution in [3.8, 4) is 11.4 Å². The molecule has 100 valence electrons. The van der Waals surface area contributed by atoms with Crippen molar-refractivity contribution < 1.29 is 4.52 Å². The van der Waals surface area contributed by atoms with E-state index in [1.165, 1.54) is 0 Å². The first-order valence-electron chi connectivity index (χ1n) is 6.14. The smallest absolute Gasteiger partial charge is 0.231 e. The van der Waals surface area contributed by atoms with Gasteiger partial charge < -0.3 is 10.3 Å². The molecule has 0 unspecified atom stereocenters. The van der Waals surface area contributed by atoms with E-state index in [-0.39, 0.29) is 0 Å². The molecule has 2 N–H and O–H groups in total. The quantitative estimate of drug-likeness (QED) is 0.747. The number of hydrogen-bond donors (Lipinski definition) is 1. The van der Waals surface area contributed by atoms with Crippen molar-refractivity contribution in [2.45, 2.75) is 6.42 Å². The molecule has 0 spiro atoms. The predicted octanol–water partition coefficient (Wildman–Crippen LogP) is 3.56. The molecular formula is C15H12ClN3O. The molecule has 4 nitrogen and oxygen atoms in total. The van der Waals surface area contributed by atoms with Crippen molar-refractivity contribution in [3.63, 3.8) is 0 Å². The number of halogens is 1. The van der Waals surface area contributed by atoms with Gasteiger partial charge in [-0.15, -0.1) is 0 Å². The molecule has 0 saturated heterocycles. The summed E-state index contributed by atoms with van der Waals surface area (Å²) in [5.41, 5.74) is 8.46. The molecule has 1 heterocycles. The number of nitrogens with two attached hydrogens (primary N) is 1. The Morgan fingerprint density at radius 1 is 1.05 bits per heavy atom. The number of para-hydroxylation sites is 1. The van der Waals surface area contributed by atoms with Gasteiger partial charge in [0.05, 0.1) is 6.42 Å². The molecule has 0 aliphatic heterocycles. The van der Waals surface area contributed by atoms with Gasteiger partial charge in [0.2, 0.25) is 11.7 Å². The van der Waals surface area contributed by atoms with E-state index in [4.69, 9.17) is 21.9 Å². The van der Waals surface area contributed by atoms with Gasteiger partial charge in [-0.25, -0.2) is 0 Å². The van der Waals surface area contributed by atoms with Crippen LogP contribution in [-0.2, 0) is 6.42 Å². The Morgan fingerprint density at radius 3 is 2.55 bits per heavy atom. The van der Waals surface area contributed by atoms with Gasteiger partial charge in [-0.05, 0) is 35.9 Å². The predicted molar refractivity (Wildman–Crippen MR) is 78.4 cm³/mol. The van der Waals surface area contributed by atoms with E-state index in [0.717, 1.165) is 16.8 Å². The van der Waals surface area contributed by atoms with Crippen LogP contribution < -0.4 is 5.73 Å². The highest BCUT2D eigenvalue weighted by molar-refractivity contribution is 6.30. The molecule has 0 bridgehead atoms. The van der Waals surface area contributed by atoms with Crippen LogP contribution in [0.1, 0.15) is 11.5 Å². The largest absolute Gasteiger partial charge is 0.398 e. The van der Waals surface area contributed by atoms with Gasteiger partial charge in [-0.3, -0.25) is 0 Å². The van der Waals surface area contributed by atoms with Gasteiger partial charge in [0.15, 0.2) is 0 Å². The standard InChI is InChI=1S/C15H12ClN3O/c16-12-7-5-10(6-8-12)15-18-14(20-19-15)9-11-3-1-2-4-13(11)17/h1-8H,9,17H2. The van der Waals surface area contributed by atoms with Crippen LogP contribution in [0.25, 0.3) is 11.4 Å². The maximum atomic E-state index is 5.90. The van der Waals surface area contributed by atoms with Crippen LogP contribution in [0.5, 0.6) is 0 Å². The first-order valence-corrected chi connectivity index (χ1v) is 6.52. The van der Waals surface area contributed by atoms with Crippen LogP contribution in [0.2, 0.25) is 5.02 Å². The Kier molecular flexibility index (Phi) is 3.39. The molecule has 3 aromatic rings. The second-order valence-electron chi connectivity index (χ2n) is 4.39. The number of benzene rings is 2. The third-order valence-electron chi connectivity index (χ3n) is 2.97. The zero-order valence-corrected chi connectivity index (χ0v) is 11.3. The van der Waals surface area contributed by atoms with E-state index in [9.17, 15) is 0 Å². The van der Waals surface area contributed by atoms with Crippen molar-refractivity contribution in [2.24, 2.45) is 0 Å². The summed E-state index contributed by atoms with van der Waals surface area (Å²) in [4.78, 5) is 4.37. The number of rotatable bonds is 3. The number of aromatic nitrogens is 2. The SMILES string of the molecule is Nc1ccccc1Cc1nc(-c2ccc(Cl)cc2)no1. The van der Waals surface area contributed by atoms with Crippen LogP contribution in [0, 0.1) is 0 Å². The topological polar surface area (TPSA) is 64.9 Å².